The molecule has 8 nitrogen and oxygen atoms in total. The van der Waals surface area contributed by atoms with Crippen LogP contribution in [-0.2, 0) is 20.7 Å². The Morgan fingerprint density at radius 2 is 1.67 bits per heavy atom. The maximum Gasteiger partial charge on any atom is 0.310 e. The lowest BCUT2D eigenvalue weighted by molar-refractivity contribution is -0.142. The van der Waals surface area contributed by atoms with Crippen molar-refractivity contribution in [1.29, 1.82) is 0 Å². The van der Waals surface area contributed by atoms with Crippen LogP contribution in [0.15, 0.2) is 72.8 Å². The van der Waals surface area contributed by atoms with Gasteiger partial charge in [0.15, 0.2) is 0 Å². The van der Waals surface area contributed by atoms with E-state index in [1.54, 1.807) is 31.2 Å². The van der Waals surface area contributed by atoms with Crippen molar-refractivity contribution in [2.24, 2.45) is 0 Å². The number of fused-ring (bicyclic) bond motifs is 1. The van der Waals surface area contributed by atoms with E-state index in [1.165, 1.54) is 25.0 Å². The molecule has 2 aliphatic rings. The number of esters is 1. The quantitative estimate of drug-likeness (QED) is 0.222. The van der Waals surface area contributed by atoms with Gasteiger partial charge >= 0.3 is 5.97 Å². The zero-order chi connectivity index (χ0) is 29.8. The Balaban J connectivity index is 1.20. The summed E-state index contributed by atoms with van der Waals surface area (Å²) >= 11 is 0. The number of nitrogens with zero attached hydrogens (tertiary/aromatic N) is 2. The molecule has 4 aromatic rings. The predicted molar refractivity (Wildman–Crippen MR) is 166 cm³/mol. The zero-order valence-corrected chi connectivity index (χ0v) is 24.6. The summed E-state index contributed by atoms with van der Waals surface area (Å²) in [4.78, 5) is 38.7. The SMILES string of the molecule is CCOC(=O)Cc1ccc(NC(=O)C2(NC(=O)c3ccc4c(C5CCCCC5)n(-c5ccccc5)nc4c3)CCC2)cc1. The van der Waals surface area contributed by atoms with E-state index in [4.69, 9.17) is 9.84 Å². The Morgan fingerprint density at radius 1 is 0.930 bits per heavy atom. The van der Waals surface area contributed by atoms with Crippen molar-refractivity contribution < 1.29 is 19.1 Å². The van der Waals surface area contributed by atoms with Crippen molar-refractivity contribution in [2.45, 2.75) is 76.2 Å². The van der Waals surface area contributed by atoms with Gasteiger partial charge in [0.1, 0.15) is 5.54 Å². The van der Waals surface area contributed by atoms with E-state index in [2.05, 4.69) is 27.4 Å². The third kappa shape index (κ3) is 6.05. The van der Waals surface area contributed by atoms with E-state index in [0.717, 1.165) is 41.4 Å². The van der Waals surface area contributed by atoms with Crippen LogP contribution in [0.5, 0.6) is 0 Å². The highest BCUT2D eigenvalue weighted by atomic mass is 16.5. The number of amides is 2. The van der Waals surface area contributed by atoms with Crippen LogP contribution in [0.2, 0.25) is 0 Å². The van der Waals surface area contributed by atoms with E-state index in [9.17, 15) is 14.4 Å². The highest BCUT2D eigenvalue weighted by molar-refractivity contribution is 6.05. The average Bonchev–Trinajstić information content (AvgIpc) is 3.40. The topological polar surface area (TPSA) is 102 Å². The number of hydrogen-bond acceptors (Lipinski definition) is 5. The van der Waals surface area contributed by atoms with E-state index >= 15 is 0 Å². The Labute approximate surface area is 251 Å². The van der Waals surface area contributed by atoms with Crippen LogP contribution in [0.1, 0.15) is 85.8 Å². The molecule has 3 aromatic carbocycles. The summed E-state index contributed by atoms with van der Waals surface area (Å²) in [6.07, 6.45) is 8.17. The molecule has 0 atom stereocenters. The van der Waals surface area contributed by atoms with Crippen LogP contribution in [0.25, 0.3) is 16.6 Å². The van der Waals surface area contributed by atoms with Crippen LogP contribution < -0.4 is 10.6 Å². The zero-order valence-electron chi connectivity index (χ0n) is 24.6. The fourth-order valence-corrected chi connectivity index (χ4v) is 6.35. The van der Waals surface area contributed by atoms with Gasteiger partial charge in [0.05, 0.1) is 29.9 Å². The summed E-state index contributed by atoms with van der Waals surface area (Å²) in [7, 11) is 0. The van der Waals surface area contributed by atoms with Gasteiger partial charge in [-0.25, -0.2) is 4.68 Å². The summed E-state index contributed by atoms with van der Waals surface area (Å²) < 4.78 is 7.06. The number of nitrogens with one attached hydrogen (secondary N) is 2. The molecule has 0 radical (unpaired) electrons. The maximum absolute atomic E-state index is 13.5. The molecule has 2 fully saturated rings. The molecule has 2 amide bonds. The van der Waals surface area contributed by atoms with Crippen molar-refractivity contribution in [3.05, 3.63) is 89.6 Å². The van der Waals surface area contributed by atoms with Crippen LogP contribution in [-0.4, -0.2) is 39.7 Å². The number of aromatic nitrogens is 2. The average molecular weight is 579 g/mol. The summed E-state index contributed by atoms with van der Waals surface area (Å²) in [5.41, 5.74) is 3.96. The molecule has 0 bridgehead atoms. The van der Waals surface area contributed by atoms with Gasteiger partial charge in [-0.15, -0.1) is 0 Å². The van der Waals surface area contributed by atoms with Crippen molar-refractivity contribution in [1.82, 2.24) is 15.1 Å². The maximum atomic E-state index is 13.5. The van der Waals surface area contributed by atoms with Gasteiger partial charge < -0.3 is 15.4 Å². The minimum atomic E-state index is -0.966. The van der Waals surface area contributed by atoms with Crippen LogP contribution in [0.3, 0.4) is 0 Å². The Hall–Kier alpha value is -4.46. The number of benzene rings is 3. The second-order valence-corrected chi connectivity index (χ2v) is 11.7. The molecule has 2 N–H and O–H groups in total. The number of rotatable bonds is 9. The van der Waals surface area contributed by atoms with Crippen LogP contribution in [0.4, 0.5) is 5.69 Å². The molecule has 2 saturated carbocycles. The van der Waals surface area contributed by atoms with E-state index in [-0.39, 0.29) is 24.2 Å². The number of para-hydroxylation sites is 1. The van der Waals surface area contributed by atoms with Crippen LogP contribution in [0, 0.1) is 0 Å². The minimum Gasteiger partial charge on any atom is -0.466 e. The lowest BCUT2D eigenvalue weighted by Crippen LogP contribution is -2.61. The van der Waals surface area contributed by atoms with E-state index in [0.29, 0.717) is 36.6 Å². The predicted octanol–water partition coefficient (Wildman–Crippen LogP) is 6.47. The number of ether oxygens (including phenoxy) is 1. The molecule has 0 unspecified atom stereocenters. The molecular formula is C35H38N4O4. The van der Waals surface area contributed by atoms with Gasteiger partial charge in [-0.2, -0.15) is 5.10 Å². The first-order valence-electron chi connectivity index (χ1n) is 15.4. The van der Waals surface area contributed by atoms with Gasteiger partial charge in [0.25, 0.3) is 5.91 Å². The summed E-state index contributed by atoms with van der Waals surface area (Å²) in [6, 6.07) is 23.0. The molecular weight excluding hydrogens is 540 g/mol. The normalized spacial score (nSPS) is 16.3. The fraction of sp³-hybridized carbons (Fsp3) is 0.371. The summed E-state index contributed by atoms with van der Waals surface area (Å²) in [5.74, 6) is -0.375. The molecule has 222 valence electrons. The third-order valence-electron chi connectivity index (χ3n) is 8.82. The van der Waals surface area contributed by atoms with Crippen molar-refractivity contribution in [2.75, 3.05) is 11.9 Å². The molecule has 1 aromatic heterocycles. The van der Waals surface area contributed by atoms with Crippen molar-refractivity contribution >= 4 is 34.4 Å². The fourth-order valence-electron chi connectivity index (χ4n) is 6.35. The Bertz CT molecular complexity index is 1620. The number of anilines is 1. The van der Waals surface area contributed by atoms with Gasteiger partial charge in [0.2, 0.25) is 5.91 Å². The monoisotopic (exact) mass is 578 g/mol. The number of hydrogen-bond donors (Lipinski definition) is 2. The molecule has 1 heterocycles. The molecule has 2 aliphatic carbocycles. The first-order chi connectivity index (χ1) is 21.0. The third-order valence-corrected chi connectivity index (χ3v) is 8.82. The smallest absolute Gasteiger partial charge is 0.310 e. The first kappa shape index (κ1) is 28.6. The second-order valence-electron chi connectivity index (χ2n) is 11.7. The van der Waals surface area contributed by atoms with Crippen molar-refractivity contribution in [3.63, 3.8) is 0 Å². The first-order valence-corrected chi connectivity index (χ1v) is 15.4. The van der Waals surface area contributed by atoms with Crippen LogP contribution >= 0.6 is 0 Å². The Morgan fingerprint density at radius 3 is 2.35 bits per heavy atom. The molecule has 43 heavy (non-hydrogen) atoms. The van der Waals surface area contributed by atoms with Gasteiger partial charge in [0, 0.05) is 22.6 Å². The molecule has 0 aliphatic heterocycles. The Kier molecular flexibility index (Phi) is 8.27. The summed E-state index contributed by atoms with van der Waals surface area (Å²) in [6.45, 7) is 2.12. The molecule has 0 saturated heterocycles. The molecule has 8 heteroatoms. The molecule has 0 spiro atoms. The van der Waals surface area contributed by atoms with Gasteiger partial charge in [-0.05, 0) is 81.0 Å². The lowest BCUT2D eigenvalue weighted by atomic mass is 9.75. The van der Waals surface area contributed by atoms with E-state index < -0.39 is 5.54 Å². The second kappa shape index (κ2) is 12.4. The molecule has 6 rings (SSSR count). The number of carbonyl (C=O) groups is 3. The highest BCUT2D eigenvalue weighted by Gasteiger charge is 2.45. The van der Waals surface area contributed by atoms with Gasteiger partial charge in [-0.1, -0.05) is 55.7 Å². The standard InChI is InChI=1S/C35H38N4O4/c1-2-43-31(40)22-24-14-17-27(18-15-24)36-34(42)35(20-9-21-35)37-33(41)26-16-19-29-30(23-26)38-39(28-12-7-4-8-13-28)32(29)25-10-5-3-6-11-25/h4,7-8,12-19,23,25H,2-3,5-6,9-11,20-22H2,1H3,(H,36,42)(H,37,41). The summed E-state index contributed by atoms with van der Waals surface area (Å²) in [5, 5.41) is 12.1. The minimum absolute atomic E-state index is 0.179. The largest absolute Gasteiger partial charge is 0.466 e. The number of carbonyl (C=O) groups excluding carboxylic acids is 3. The van der Waals surface area contributed by atoms with Gasteiger partial charge in [-0.3, -0.25) is 14.4 Å². The van der Waals surface area contributed by atoms with E-state index in [1.807, 2.05) is 36.4 Å². The van der Waals surface area contributed by atoms with Crippen molar-refractivity contribution in [3.8, 4) is 5.69 Å². The lowest BCUT2D eigenvalue weighted by Gasteiger charge is -2.40. The highest BCUT2D eigenvalue weighted by Crippen LogP contribution is 2.38.